The molecule has 0 aliphatic carbocycles. The van der Waals surface area contributed by atoms with Gasteiger partial charge in [0.2, 0.25) is 0 Å². The number of carbonyl (C=O) groups is 1. The zero-order valence-electron chi connectivity index (χ0n) is 12.1. The molecule has 1 atom stereocenters. The monoisotopic (exact) mass is 287 g/mol. The van der Waals surface area contributed by atoms with Crippen molar-refractivity contribution in [3.05, 3.63) is 34.9 Å². The summed E-state index contributed by atoms with van der Waals surface area (Å²) >= 11 is 0. The van der Waals surface area contributed by atoms with Gasteiger partial charge in [0.25, 0.3) is 5.91 Å². The van der Waals surface area contributed by atoms with Crippen molar-refractivity contribution in [2.75, 3.05) is 0 Å². The van der Waals surface area contributed by atoms with E-state index in [2.05, 4.69) is 5.32 Å². The molecule has 0 aromatic heterocycles. The summed E-state index contributed by atoms with van der Waals surface area (Å²) in [6.45, 7) is 7.28. The smallest absolute Gasteiger partial charge is 0.350 e. The Hall–Kier alpha value is -1.52. The summed E-state index contributed by atoms with van der Waals surface area (Å²) in [7, 11) is 0. The van der Waals surface area contributed by atoms with Crippen LogP contribution in [0.3, 0.4) is 0 Å². The molecule has 0 saturated heterocycles. The van der Waals surface area contributed by atoms with E-state index in [4.69, 9.17) is 0 Å². The predicted octanol–water partition coefficient (Wildman–Crippen LogP) is 4.36. The molecule has 0 radical (unpaired) electrons. The molecular weight excluding hydrogens is 267 g/mol. The first kappa shape index (κ1) is 16.5. The molecule has 0 spiro atoms. The van der Waals surface area contributed by atoms with Crippen LogP contribution in [0.15, 0.2) is 18.2 Å². The van der Waals surface area contributed by atoms with E-state index >= 15 is 0 Å². The summed E-state index contributed by atoms with van der Waals surface area (Å²) in [6, 6.07) is 3.45. The number of benzene rings is 1. The summed E-state index contributed by atoms with van der Waals surface area (Å²) in [5.74, 6) is -0.501. The average Bonchev–Trinajstić information content (AvgIpc) is 2.35. The highest BCUT2D eigenvalue weighted by atomic mass is 19.4. The Bertz CT molecular complexity index is 480. The number of carbonyl (C=O) groups excluding carboxylic acids is 1. The van der Waals surface area contributed by atoms with Crippen molar-refractivity contribution in [3.63, 3.8) is 0 Å². The lowest BCUT2D eigenvalue weighted by Gasteiger charge is -2.16. The van der Waals surface area contributed by atoms with Crippen molar-refractivity contribution in [1.29, 1.82) is 0 Å². The third kappa shape index (κ3) is 4.25. The molecule has 1 unspecified atom stereocenters. The molecule has 112 valence electrons. The van der Waals surface area contributed by atoms with E-state index in [0.717, 1.165) is 12.1 Å². The Labute approximate surface area is 117 Å². The maximum absolute atomic E-state index is 12.9. The molecule has 20 heavy (non-hydrogen) atoms. The van der Waals surface area contributed by atoms with Crippen LogP contribution in [0.4, 0.5) is 13.2 Å². The molecule has 0 aliphatic rings. The molecule has 1 N–H and O–H groups in total. The molecular formula is C15H20F3NO. The van der Waals surface area contributed by atoms with Gasteiger partial charge < -0.3 is 5.32 Å². The van der Waals surface area contributed by atoms with Crippen LogP contribution < -0.4 is 5.32 Å². The molecule has 0 aliphatic heterocycles. The van der Waals surface area contributed by atoms with Crippen molar-refractivity contribution >= 4 is 5.91 Å². The first-order chi connectivity index (χ1) is 9.15. The van der Waals surface area contributed by atoms with E-state index < -0.39 is 17.6 Å². The minimum absolute atomic E-state index is 0.0251. The van der Waals surface area contributed by atoms with Gasteiger partial charge in [-0.05, 0) is 49.9 Å². The Kier molecular flexibility index (Phi) is 5.20. The van der Waals surface area contributed by atoms with E-state index in [9.17, 15) is 18.0 Å². The lowest BCUT2D eigenvalue weighted by Crippen LogP contribution is -2.30. The second-order valence-corrected chi connectivity index (χ2v) is 5.28. The molecule has 0 saturated carbocycles. The average molecular weight is 287 g/mol. The standard InChI is InChI=1S/C15H20F3NO/c1-5-10(4)11-6-12(14(20)19-9(2)3)8-13(7-11)15(16,17)18/h6-10H,5H2,1-4H3,(H,19,20). The third-order valence-electron chi connectivity index (χ3n) is 3.15. The number of hydrogen-bond acceptors (Lipinski definition) is 1. The number of alkyl halides is 3. The largest absolute Gasteiger partial charge is 0.416 e. The molecule has 1 rings (SSSR count). The minimum atomic E-state index is -4.45. The van der Waals surface area contributed by atoms with Gasteiger partial charge >= 0.3 is 6.18 Å². The van der Waals surface area contributed by atoms with E-state index in [0.29, 0.717) is 12.0 Å². The molecule has 2 nitrogen and oxygen atoms in total. The number of hydrogen-bond donors (Lipinski definition) is 1. The van der Waals surface area contributed by atoms with Crippen molar-refractivity contribution in [1.82, 2.24) is 5.32 Å². The van der Waals surface area contributed by atoms with Crippen LogP contribution in [0, 0.1) is 0 Å². The molecule has 5 heteroatoms. The zero-order valence-corrected chi connectivity index (χ0v) is 12.1. The highest BCUT2D eigenvalue weighted by Crippen LogP contribution is 2.33. The van der Waals surface area contributed by atoms with Crippen LogP contribution in [-0.4, -0.2) is 11.9 Å². The van der Waals surface area contributed by atoms with Crippen LogP contribution in [0.25, 0.3) is 0 Å². The second kappa shape index (κ2) is 6.29. The van der Waals surface area contributed by atoms with Crippen LogP contribution >= 0.6 is 0 Å². The number of rotatable bonds is 4. The summed E-state index contributed by atoms with van der Waals surface area (Å²) < 4.78 is 38.7. The number of halogens is 3. The Balaban J connectivity index is 3.27. The van der Waals surface area contributed by atoms with Gasteiger partial charge in [0, 0.05) is 11.6 Å². The minimum Gasteiger partial charge on any atom is -0.350 e. The summed E-state index contributed by atoms with van der Waals surface area (Å²) in [4.78, 5) is 11.9. The highest BCUT2D eigenvalue weighted by Gasteiger charge is 2.32. The van der Waals surface area contributed by atoms with Gasteiger partial charge in [-0.25, -0.2) is 0 Å². The van der Waals surface area contributed by atoms with E-state index in [-0.39, 0.29) is 17.5 Å². The van der Waals surface area contributed by atoms with Gasteiger partial charge in [0.05, 0.1) is 5.56 Å². The zero-order chi connectivity index (χ0) is 15.5. The first-order valence-electron chi connectivity index (χ1n) is 6.68. The predicted molar refractivity (Wildman–Crippen MR) is 72.8 cm³/mol. The highest BCUT2D eigenvalue weighted by molar-refractivity contribution is 5.94. The van der Waals surface area contributed by atoms with Crippen LogP contribution in [0.5, 0.6) is 0 Å². The second-order valence-electron chi connectivity index (χ2n) is 5.28. The normalized spacial score (nSPS) is 13.4. The van der Waals surface area contributed by atoms with Crippen molar-refractivity contribution in [2.45, 2.75) is 52.3 Å². The SMILES string of the molecule is CCC(C)c1cc(C(=O)NC(C)C)cc(C(F)(F)F)c1. The lowest BCUT2D eigenvalue weighted by molar-refractivity contribution is -0.137. The fraction of sp³-hybridized carbons (Fsp3) is 0.533. The van der Waals surface area contributed by atoms with Crippen LogP contribution in [0.2, 0.25) is 0 Å². The summed E-state index contributed by atoms with van der Waals surface area (Å²) in [5, 5.41) is 2.62. The van der Waals surface area contributed by atoms with Gasteiger partial charge in [-0.3, -0.25) is 4.79 Å². The quantitative estimate of drug-likeness (QED) is 0.876. The van der Waals surface area contributed by atoms with Crippen molar-refractivity contribution in [3.8, 4) is 0 Å². The molecule has 1 aromatic rings. The summed E-state index contributed by atoms with van der Waals surface area (Å²) in [6.07, 6.45) is -3.73. The molecule has 0 bridgehead atoms. The van der Waals surface area contributed by atoms with Gasteiger partial charge in [0.15, 0.2) is 0 Å². The fourth-order valence-corrected chi connectivity index (χ4v) is 1.81. The summed E-state index contributed by atoms with van der Waals surface area (Å²) in [5.41, 5.74) is -0.177. The lowest BCUT2D eigenvalue weighted by atomic mass is 9.94. The first-order valence-corrected chi connectivity index (χ1v) is 6.68. The van der Waals surface area contributed by atoms with E-state index in [1.54, 1.807) is 19.9 Å². The maximum atomic E-state index is 12.9. The van der Waals surface area contributed by atoms with Gasteiger partial charge in [0.1, 0.15) is 0 Å². The Morgan fingerprint density at radius 3 is 2.25 bits per heavy atom. The number of amides is 1. The molecule has 1 aromatic carbocycles. The molecule has 0 fully saturated rings. The molecule has 1 amide bonds. The molecule has 0 heterocycles. The Morgan fingerprint density at radius 1 is 1.20 bits per heavy atom. The van der Waals surface area contributed by atoms with Gasteiger partial charge in [-0.2, -0.15) is 13.2 Å². The van der Waals surface area contributed by atoms with Gasteiger partial charge in [-0.1, -0.05) is 13.8 Å². The van der Waals surface area contributed by atoms with Crippen molar-refractivity contribution < 1.29 is 18.0 Å². The number of nitrogens with one attached hydrogen (secondary N) is 1. The Morgan fingerprint density at radius 2 is 1.80 bits per heavy atom. The third-order valence-corrected chi connectivity index (χ3v) is 3.15. The van der Waals surface area contributed by atoms with Crippen LogP contribution in [0.1, 0.15) is 61.5 Å². The van der Waals surface area contributed by atoms with Crippen LogP contribution in [-0.2, 0) is 6.18 Å². The van der Waals surface area contributed by atoms with E-state index in [1.165, 1.54) is 0 Å². The van der Waals surface area contributed by atoms with E-state index in [1.807, 2.05) is 13.8 Å². The fourth-order valence-electron chi connectivity index (χ4n) is 1.81. The van der Waals surface area contributed by atoms with Gasteiger partial charge in [-0.15, -0.1) is 0 Å². The topological polar surface area (TPSA) is 29.1 Å². The maximum Gasteiger partial charge on any atom is 0.416 e. The van der Waals surface area contributed by atoms with Crippen molar-refractivity contribution in [2.24, 2.45) is 0 Å².